The summed E-state index contributed by atoms with van der Waals surface area (Å²) in [6.45, 7) is 2.00. The third-order valence-electron chi connectivity index (χ3n) is 2.47. The fourth-order valence-corrected chi connectivity index (χ4v) is 2.06. The standard InChI is InChI=1S/C12H12N2O3S/c1-7-4-8(2-3-10(7)15)11(16)13-5-9-6-18-12(17)14-9/h2-4,6,15H,5H2,1H3,(H,13,16)(H,14,17). The van der Waals surface area contributed by atoms with Crippen LogP contribution in [0.25, 0.3) is 0 Å². The average Bonchev–Trinajstić information content (AvgIpc) is 2.75. The van der Waals surface area contributed by atoms with Crippen molar-refractivity contribution in [2.45, 2.75) is 13.5 Å². The Balaban J connectivity index is 2.03. The second-order valence-electron chi connectivity index (χ2n) is 3.86. The number of hydrogen-bond donors (Lipinski definition) is 3. The van der Waals surface area contributed by atoms with Crippen molar-refractivity contribution in [3.05, 3.63) is 50.1 Å². The molecule has 1 amide bonds. The van der Waals surface area contributed by atoms with Gasteiger partial charge in [-0.1, -0.05) is 11.3 Å². The van der Waals surface area contributed by atoms with Gasteiger partial charge in [0.2, 0.25) is 0 Å². The van der Waals surface area contributed by atoms with E-state index in [4.69, 9.17) is 0 Å². The van der Waals surface area contributed by atoms with Crippen molar-refractivity contribution in [3.8, 4) is 5.75 Å². The van der Waals surface area contributed by atoms with Crippen LogP contribution in [-0.4, -0.2) is 16.0 Å². The van der Waals surface area contributed by atoms with E-state index in [9.17, 15) is 14.7 Å². The van der Waals surface area contributed by atoms with Crippen LogP contribution in [0.15, 0.2) is 28.4 Å². The van der Waals surface area contributed by atoms with Gasteiger partial charge in [-0.15, -0.1) is 0 Å². The molecule has 0 fully saturated rings. The van der Waals surface area contributed by atoms with Gasteiger partial charge in [0, 0.05) is 16.6 Å². The highest BCUT2D eigenvalue weighted by atomic mass is 32.1. The number of nitrogens with one attached hydrogen (secondary N) is 2. The Morgan fingerprint density at radius 1 is 1.50 bits per heavy atom. The molecule has 0 aliphatic rings. The summed E-state index contributed by atoms with van der Waals surface area (Å²) in [6, 6.07) is 4.64. The molecule has 18 heavy (non-hydrogen) atoms. The lowest BCUT2D eigenvalue weighted by atomic mass is 10.1. The third-order valence-corrected chi connectivity index (χ3v) is 3.19. The van der Waals surface area contributed by atoms with Crippen LogP contribution in [0.4, 0.5) is 0 Å². The number of thiazole rings is 1. The summed E-state index contributed by atoms with van der Waals surface area (Å²) in [4.78, 5) is 25.2. The number of aromatic nitrogens is 1. The molecule has 5 nitrogen and oxygen atoms in total. The van der Waals surface area contributed by atoms with Gasteiger partial charge in [0.1, 0.15) is 5.75 Å². The first-order valence-electron chi connectivity index (χ1n) is 5.31. The van der Waals surface area contributed by atoms with Crippen molar-refractivity contribution in [1.82, 2.24) is 10.3 Å². The van der Waals surface area contributed by atoms with Crippen LogP contribution in [0, 0.1) is 6.92 Å². The molecular formula is C12H12N2O3S. The van der Waals surface area contributed by atoms with E-state index in [1.165, 1.54) is 6.07 Å². The van der Waals surface area contributed by atoms with E-state index < -0.39 is 0 Å². The topological polar surface area (TPSA) is 82.2 Å². The van der Waals surface area contributed by atoms with E-state index in [1.807, 2.05) is 0 Å². The van der Waals surface area contributed by atoms with E-state index in [0.29, 0.717) is 16.8 Å². The number of aryl methyl sites for hydroxylation is 1. The number of aromatic amines is 1. The fourth-order valence-electron chi connectivity index (χ4n) is 1.47. The van der Waals surface area contributed by atoms with Gasteiger partial charge in [-0.2, -0.15) is 0 Å². The van der Waals surface area contributed by atoms with Crippen LogP contribution in [-0.2, 0) is 6.54 Å². The Hall–Kier alpha value is -2.08. The molecule has 2 aromatic rings. The third kappa shape index (κ3) is 2.78. The molecule has 3 N–H and O–H groups in total. The first-order valence-corrected chi connectivity index (χ1v) is 6.19. The molecule has 94 valence electrons. The molecule has 0 atom stereocenters. The summed E-state index contributed by atoms with van der Waals surface area (Å²) in [6.07, 6.45) is 0. The second kappa shape index (κ2) is 5.05. The number of carbonyl (C=O) groups is 1. The van der Waals surface area contributed by atoms with Crippen LogP contribution < -0.4 is 10.2 Å². The van der Waals surface area contributed by atoms with Crippen molar-refractivity contribution >= 4 is 17.2 Å². The summed E-state index contributed by atoms with van der Waals surface area (Å²) in [5.41, 5.74) is 1.79. The largest absolute Gasteiger partial charge is 0.508 e. The van der Waals surface area contributed by atoms with Crippen molar-refractivity contribution in [2.24, 2.45) is 0 Å². The number of benzene rings is 1. The van der Waals surface area contributed by atoms with Crippen molar-refractivity contribution in [2.75, 3.05) is 0 Å². The highest BCUT2D eigenvalue weighted by Crippen LogP contribution is 2.16. The Kier molecular flexibility index (Phi) is 3.47. The molecule has 0 saturated heterocycles. The van der Waals surface area contributed by atoms with Gasteiger partial charge in [-0.25, -0.2) is 0 Å². The summed E-state index contributed by atoms with van der Waals surface area (Å²) < 4.78 is 0. The highest BCUT2D eigenvalue weighted by Gasteiger charge is 2.07. The Morgan fingerprint density at radius 3 is 2.89 bits per heavy atom. The number of phenolic OH excluding ortho intramolecular Hbond substituents is 1. The Bertz CT molecular complexity index is 630. The van der Waals surface area contributed by atoms with Crippen molar-refractivity contribution in [3.63, 3.8) is 0 Å². The minimum Gasteiger partial charge on any atom is -0.508 e. The molecule has 0 bridgehead atoms. The van der Waals surface area contributed by atoms with Gasteiger partial charge >= 0.3 is 4.87 Å². The zero-order valence-corrected chi connectivity index (χ0v) is 10.5. The minimum absolute atomic E-state index is 0.139. The summed E-state index contributed by atoms with van der Waals surface area (Å²) in [7, 11) is 0. The van der Waals surface area contributed by atoms with Crippen LogP contribution >= 0.6 is 11.3 Å². The zero-order chi connectivity index (χ0) is 13.1. The fraction of sp³-hybridized carbons (Fsp3) is 0.167. The Labute approximate surface area is 107 Å². The number of phenols is 1. The lowest BCUT2D eigenvalue weighted by Crippen LogP contribution is -2.23. The van der Waals surface area contributed by atoms with Crippen molar-refractivity contribution in [1.29, 1.82) is 0 Å². The molecule has 0 saturated carbocycles. The van der Waals surface area contributed by atoms with Gasteiger partial charge < -0.3 is 15.4 Å². The van der Waals surface area contributed by atoms with Gasteiger partial charge in [-0.3, -0.25) is 9.59 Å². The normalized spacial score (nSPS) is 10.3. The van der Waals surface area contributed by atoms with Crippen LogP contribution in [0.5, 0.6) is 5.75 Å². The summed E-state index contributed by atoms with van der Waals surface area (Å²) >= 11 is 1.06. The summed E-state index contributed by atoms with van der Waals surface area (Å²) in [5.74, 6) is -0.0844. The molecule has 1 aromatic carbocycles. The average molecular weight is 264 g/mol. The van der Waals surface area contributed by atoms with Crippen molar-refractivity contribution < 1.29 is 9.90 Å². The van der Waals surface area contributed by atoms with Crippen LogP contribution in [0.2, 0.25) is 0 Å². The quantitative estimate of drug-likeness (QED) is 0.783. The van der Waals surface area contributed by atoms with Gasteiger partial charge in [0.25, 0.3) is 5.91 Å². The molecule has 0 spiro atoms. The Morgan fingerprint density at radius 2 is 2.28 bits per heavy atom. The van der Waals surface area contributed by atoms with E-state index in [0.717, 1.165) is 11.3 Å². The first-order chi connectivity index (χ1) is 8.56. The smallest absolute Gasteiger partial charge is 0.304 e. The van der Waals surface area contributed by atoms with Gasteiger partial charge in [0.15, 0.2) is 0 Å². The molecule has 0 aliphatic heterocycles. The monoisotopic (exact) mass is 264 g/mol. The maximum atomic E-state index is 11.8. The van der Waals surface area contributed by atoms with Crippen LogP contribution in [0.3, 0.4) is 0 Å². The molecule has 1 heterocycles. The minimum atomic E-state index is -0.245. The molecule has 0 radical (unpaired) electrons. The molecule has 2 rings (SSSR count). The van der Waals surface area contributed by atoms with Gasteiger partial charge in [-0.05, 0) is 30.7 Å². The van der Waals surface area contributed by atoms with E-state index in [-0.39, 0.29) is 23.1 Å². The number of carbonyl (C=O) groups excluding carboxylic acids is 1. The number of hydrogen-bond acceptors (Lipinski definition) is 4. The molecule has 6 heteroatoms. The number of rotatable bonds is 3. The highest BCUT2D eigenvalue weighted by molar-refractivity contribution is 7.07. The number of aromatic hydroxyl groups is 1. The number of H-pyrrole nitrogens is 1. The molecule has 0 unspecified atom stereocenters. The van der Waals surface area contributed by atoms with Crippen LogP contribution in [0.1, 0.15) is 21.6 Å². The molecular weight excluding hydrogens is 252 g/mol. The number of amides is 1. The second-order valence-corrected chi connectivity index (χ2v) is 4.70. The summed E-state index contributed by atoms with van der Waals surface area (Å²) in [5, 5.41) is 13.7. The molecule has 0 aliphatic carbocycles. The van der Waals surface area contributed by atoms with Gasteiger partial charge in [0.05, 0.1) is 6.54 Å². The lowest BCUT2D eigenvalue weighted by molar-refractivity contribution is 0.0950. The maximum absolute atomic E-state index is 11.8. The zero-order valence-electron chi connectivity index (χ0n) is 9.69. The van der Waals surface area contributed by atoms with E-state index in [1.54, 1.807) is 24.4 Å². The van der Waals surface area contributed by atoms with E-state index >= 15 is 0 Å². The predicted molar refractivity (Wildman–Crippen MR) is 69.0 cm³/mol. The maximum Gasteiger partial charge on any atom is 0.304 e. The van der Waals surface area contributed by atoms with E-state index in [2.05, 4.69) is 10.3 Å². The molecule has 1 aromatic heterocycles. The SMILES string of the molecule is Cc1cc(C(=O)NCc2csc(=O)[nH]2)ccc1O. The first kappa shape index (κ1) is 12.4. The lowest BCUT2D eigenvalue weighted by Gasteiger charge is -2.05. The predicted octanol–water partition coefficient (Wildman–Crippen LogP) is 1.38.